The summed E-state index contributed by atoms with van der Waals surface area (Å²) >= 11 is 11.8. The normalized spacial score (nSPS) is 11.2. The van der Waals surface area contributed by atoms with Crippen molar-refractivity contribution >= 4 is 50.5 Å². The number of halogens is 2. The van der Waals surface area contributed by atoms with E-state index in [2.05, 4.69) is 15.0 Å². The van der Waals surface area contributed by atoms with E-state index in [1.807, 2.05) is 0 Å². The van der Waals surface area contributed by atoms with Crippen molar-refractivity contribution in [2.45, 2.75) is 20.3 Å². The number of rotatable bonds is 6. The fourth-order valence-corrected chi connectivity index (χ4v) is 3.66. The zero-order chi connectivity index (χ0) is 18.6. The number of sulfonamides is 1. The van der Waals surface area contributed by atoms with E-state index in [0.29, 0.717) is 23.4 Å². The summed E-state index contributed by atoms with van der Waals surface area (Å²) in [6.45, 7) is 3.48. The van der Waals surface area contributed by atoms with Crippen LogP contribution in [0.2, 0.25) is 10.2 Å². The van der Waals surface area contributed by atoms with Gasteiger partial charge in [-0.25, -0.2) is 13.4 Å². The predicted octanol–water partition coefficient (Wildman–Crippen LogP) is 4.10. The molecule has 0 bridgehead atoms. The van der Waals surface area contributed by atoms with Gasteiger partial charge in [0.25, 0.3) is 5.91 Å². The Morgan fingerprint density at radius 2 is 1.84 bits per heavy atom. The zero-order valence-corrected chi connectivity index (χ0v) is 16.0. The summed E-state index contributed by atoms with van der Waals surface area (Å²) in [5.41, 5.74) is 1.41. The highest BCUT2D eigenvalue weighted by atomic mass is 35.5. The number of nitrogens with one attached hydrogen (secondary N) is 2. The molecular formula is C16H17Cl2N3O3S. The average Bonchev–Trinajstić information content (AvgIpc) is 2.53. The Balaban J connectivity index is 2.27. The molecule has 1 heterocycles. The molecule has 9 heteroatoms. The molecule has 0 fully saturated rings. The van der Waals surface area contributed by atoms with Crippen LogP contribution in [0.5, 0.6) is 0 Å². The molecule has 134 valence electrons. The predicted molar refractivity (Wildman–Crippen MR) is 101 cm³/mol. The fraction of sp³-hybridized carbons (Fsp3) is 0.250. The van der Waals surface area contributed by atoms with E-state index < -0.39 is 15.9 Å². The number of carbonyl (C=O) groups excluding carboxylic acids is 1. The maximum Gasteiger partial charge on any atom is 0.275 e. The maximum atomic E-state index is 12.4. The van der Waals surface area contributed by atoms with Crippen LogP contribution in [0.1, 0.15) is 29.4 Å². The largest absolute Gasteiger partial charge is 0.320 e. The first kappa shape index (κ1) is 19.5. The first-order chi connectivity index (χ1) is 11.7. The molecule has 0 spiro atoms. The van der Waals surface area contributed by atoms with Gasteiger partial charge in [-0.1, -0.05) is 36.2 Å². The van der Waals surface area contributed by atoms with Crippen molar-refractivity contribution in [3.05, 3.63) is 51.8 Å². The van der Waals surface area contributed by atoms with Crippen molar-refractivity contribution in [3.63, 3.8) is 0 Å². The molecule has 0 atom stereocenters. The first-order valence-corrected chi connectivity index (χ1v) is 9.88. The SMILES string of the molecule is CCCS(=O)(=O)Nc1cccc(NC(=O)c2nc(Cl)ccc2Cl)c1C. The molecule has 0 saturated heterocycles. The molecule has 0 aliphatic rings. The van der Waals surface area contributed by atoms with E-state index in [4.69, 9.17) is 23.2 Å². The van der Waals surface area contributed by atoms with Crippen molar-refractivity contribution in [1.29, 1.82) is 0 Å². The maximum absolute atomic E-state index is 12.4. The molecular weight excluding hydrogens is 385 g/mol. The van der Waals surface area contributed by atoms with Crippen LogP contribution in [0.3, 0.4) is 0 Å². The molecule has 25 heavy (non-hydrogen) atoms. The molecule has 2 N–H and O–H groups in total. The van der Waals surface area contributed by atoms with E-state index in [1.54, 1.807) is 32.0 Å². The summed E-state index contributed by atoms with van der Waals surface area (Å²) < 4.78 is 26.4. The smallest absolute Gasteiger partial charge is 0.275 e. The molecule has 2 rings (SSSR count). The van der Waals surface area contributed by atoms with Gasteiger partial charge in [0.2, 0.25) is 10.0 Å². The van der Waals surface area contributed by atoms with Crippen LogP contribution in [-0.4, -0.2) is 25.1 Å². The van der Waals surface area contributed by atoms with E-state index in [-0.39, 0.29) is 21.6 Å². The third-order valence-electron chi connectivity index (χ3n) is 3.35. The van der Waals surface area contributed by atoms with Gasteiger partial charge < -0.3 is 5.32 Å². The molecule has 1 amide bonds. The molecule has 2 aromatic rings. The number of amides is 1. The lowest BCUT2D eigenvalue weighted by molar-refractivity contribution is 0.102. The highest BCUT2D eigenvalue weighted by Crippen LogP contribution is 2.26. The lowest BCUT2D eigenvalue weighted by Crippen LogP contribution is -2.18. The summed E-state index contributed by atoms with van der Waals surface area (Å²) in [6, 6.07) is 7.88. The highest BCUT2D eigenvalue weighted by Gasteiger charge is 2.16. The van der Waals surface area contributed by atoms with Crippen molar-refractivity contribution < 1.29 is 13.2 Å². The number of nitrogens with zero attached hydrogens (tertiary/aromatic N) is 1. The lowest BCUT2D eigenvalue weighted by Gasteiger charge is -2.14. The minimum atomic E-state index is -3.43. The Bertz CT molecular complexity index is 901. The zero-order valence-electron chi connectivity index (χ0n) is 13.6. The second kappa shape index (κ2) is 8.03. The average molecular weight is 402 g/mol. The van der Waals surface area contributed by atoms with Gasteiger partial charge in [0, 0.05) is 5.69 Å². The molecule has 1 aromatic carbocycles. The topological polar surface area (TPSA) is 88.2 Å². The van der Waals surface area contributed by atoms with Gasteiger partial charge in [-0.15, -0.1) is 0 Å². The number of anilines is 2. The van der Waals surface area contributed by atoms with Gasteiger partial charge in [-0.2, -0.15) is 0 Å². The third-order valence-corrected chi connectivity index (χ3v) is 5.34. The molecule has 0 aliphatic carbocycles. The Hall–Kier alpha value is -1.83. The number of carbonyl (C=O) groups is 1. The van der Waals surface area contributed by atoms with Crippen LogP contribution in [-0.2, 0) is 10.0 Å². The standard InChI is InChI=1S/C16H17Cl2N3O3S/c1-3-9-25(23,24)21-13-6-4-5-12(10(13)2)19-16(22)15-11(17)7-8-14(18)20-15/h4-8,21H,3,9H2,1-2H3,(H,19,22). The van der Waals surface area contributed by atoms with Gasteiger partial charge in [-0.3, -0.25) is 9.52 Å². The Morgan fingerprint density at radius 1 is 1.16 bits per heavy atom. The van der Waals surface area contributed by atoms with E-state index >= 15 is 0 Å². The lowest BCUT2D eigenvalue weighted by atomic mass is 10.1. The molecule has 1 aromatic heterocycles. The van der Waals surface area contributed by atoms with Crippen molar-refractivity contribution in [1.82, 2.24) is 4.98 Å². The van der Waals surface area contributed by atoms with Crippen LogP contribution >= 0.6 is 23.2 Å². The minimum Gasteiger partial charge on any atom is -0.320 e. The third kappa shape index (κ3) is 5.07. The number of hydrogen-bond donors (Lipinski definition) is 2. The molecule has 6 nitrogen and oxygen atoms in total. The molecule has 0 radical (unpaired) electrons. The Labute approximate surface area is 156 Å². The van der Waals surface area contributed by atoms with Crippen LogP contribution in [0.15, 0.2) is 30.3 Å². The van der Waals surface area contributed by atoms with Gasteiger partial charge in [0.05, 0.1) is 16.5 Å². The quantitative estimate of drug-likeness (QED) is 0.712. The van der Waals surface area contributed by atoms with Gasteiger partial charge >= 0.3 is 0 Å². The van der Waals surface area contributed by atoms with Crippen LogP contribution in [0, 0.1) is 6.92 Å². The van der Waals surface area contributed by atoms with Crippen molar-refractivity contribution in [2.75, 3.05) is 15.8 Å². The van der Waals surface area contributed by atoms with Gasteiger partial charge in [0.1, 0.15) is 10.8 Å². The molecule has 0 aliphatic heterocycles. The van der Waals surface area contributed by atoms with Crippen molar-refractivity contribution in [3.8, 4) is 0 Å². The van der Waals surface area contributed by atoms with E-state index in [0.717, 1.165) is 0 Å². The van der Waals surface area contributed by atoms with Crippen LogP contribution < -0.4 is 10.0 Å². The van der Waals surface area contributed by atoms with E-state index in [1.165, 1.54) is 12.1 Å². The molecule has 0 saturated carbocycles. The number of pyridine rings is 1. The van der Waals surface area contributed by atoms with Crippen molar-refractivity contribution in [2.24, 2.45) is 0 Å². The summed E-state index contributed by atoms with van der Waals surface area (Å²) in [5, 5.41) is 2.99. The van der Waals surface area contributed by atoms with Gasteiger partial charge in [-0.05, 0) is 43.2 Å². The number of hydrogen-bond acceptors (Lipinski definition) is 4. The summed E-state index contributed by atoms with van der Waals surface area (Å²) in [7, 11) is -3.43. The van der Waals surface area contributed by atoms with E-state index in [9.17, 15) is 13.2 Å². The second-order valence-electron chi connectivity index (χ2n) is 5.32. The van der Waals surface area contributed by atoms with Crippen LogP contribution in [0.25, 0.3) is 0 Å². The molecule has 0 unspecified atom stereocenters. The Kier molecular flexibility index (Phi) is 6.26. The monoisotopic (exact) mass is 401 g/mol. The fourth-order valence-electron chi connectivity index (χ4n) is 2.13. The second-order valence-corrected chi connectivity index (χ2v) is 7.95. The summed E-state index contributed by atoms with van der Waals surface area (Å²) in [4.78, 5) is 16.3. The minimum absolute atomic E-state index is 0.00877. The number of aromatic nitrogens is 1. The summed E-state index contributed by atoms with van der Waals surface area (Å²) in [6.07, 6.45) is 0.504. The van der Waals surface area contributed by atoms with Crippen LogP contribution in [0.4, 0.5) is 11.4 Å². The first-order valence-electron chi connectivity index (χ1n) is 7.47. The number of benzene rings is 1. The van der Waals surface area contributed by atoms with Gasteiger partial charge in [0.15, 0.2) is 0 Å². The Morgan fingerprint density at radius 3 is 2.52 bits per heavy atom. The highest BCUT2D eigenvalue weighted by molar-refractivity contribution is 7.92. The summed E-state index contributed by atoms with van der Waals surface area (Å²) in [5.74, 6) is -0.519.